The molecule has 164 valence electrons. The van der Waals surface area contributed by atoms with Gasteiger partial charge in [0.2, 0.25) is 10.0 Å². The molecule has 6 nitrogen and oxygen atoms in total. The molecule has 2 N–H and O–H groups in total. The Hall–Kier alpha value is -0.990. The lowest BCUT2D eigenvalue weighted by molar-refractivity contribution is -0.935. The van der Waals surface area contributed by atoms with Gasteiger partial charge in [-0.25, -0.2) is 8.42 Å². The number of nitrogens with one attached hydrogen (secondary N) is 2. The highest BCUT2D eigenvalue weighted by Gasteiger charge is 2.33. The van der Waals surface area contributed by atoms with Crippen molar-refractivity contribution in [2.45, 2.75) is 44.6 Å². The quantitative estimate of drug-likeness (QED) is 0.627. The molecule has 0 aliphatic carbocycles. The molecule has 0 saturated carbocycles. The van der Waals surface area contributed by atoms with Crippen molar-refractivity contribution in [3.05, 3.63) is 29.8 Å². The van der Waals surface area contributed by atoms with E-state index in [-0.39, 0.29) is 0 Å². The number of benzene rings is 1. The third kappa shape index (κ3) is 6.01. The minimum Gasteiger partial charge on any atom is -0.361 e. The average molecular weight is 426 g/mol. The Kier molecular flexibility index (Phi) is 7.73. The average Bonchev–Trinajstić information content (AvgIpc) is 2.68. The van der Waals surface area contributed by atoms with Gasteiger partial charge in [-0.15, -0.1) is 0 Å². The molecule has 2 atom stereocenters. The second-order valence-corrected chi connectivity index (χ2v) is 11.3. The summed E-state index contributed by atoms with van der Waals surface area (Å²) in [6, 6.07) is 7.38. The van der Waals surface area contributed by atoms with E-state index >= 15 is 0 Å². The molecule has 1 aromatic rings. The zero-order chi connectivity index (χ0) is 21.0. The van der Waals surface area contributed by atoms with E-state index in [0.717, 1.165) is 39.3 Å². The van der Waals surface area contributed by atoms with Gasteiger partial charge in [-0.3, -0.25) is 0 Å². The molecule has 0 spiro atoms. The zero-order valence-electron chi connectivity index (χ0n) is 18.5. The van der Waals surface area contributed by atoms with Crippen LogP contribution < -0.4 is 9.80 Å². The summed E-state index contributed by atoms with van der Waals surface area (Å²) in [5, 5.41) is 0. The summed E-state index contributed by atoms with van der Waals surface area (Å²) in [7, 11) is -3.40. The Labute approximate surface area is 176 Å². The predicted molar refractivity (Wildman–Crippen MR) is 115 cm³/mol. The summed E-state index contributed by atoms with van der Waals surface area (Å²) in [4.78, 5) is 3.51. The normalized spacial score (nSPS) is 25.0. The lowest BCUT2D eigenvalue weighted by atomic mass is 10.0. The van der Waals surface area contributed by atoms with Crippen molar-refractivity contribution in [1.29, 1.82) is 0 Å². The van der Waals surface area contributed by atoms with Crippen LogP contribution in [0.1, 0.15) is 39.2 Å². The number of quaternary nitrogens is 2. The summed E-state index contributed by atoms with van der Waals surface area (Å²) in [5.41, 5.74) is 1.17. The largest absolute Gasteiger partial charge is 0.361 e. The van der Waals surface area contributed by atoms with Crippen LogP contribution in [0.15, 0.2) is 29.2 Å². The van der Waals surface area contributed by atoms with Gasteiger partial charge >= 0.3 is 0 Å². The van der Waals surface area contributed by atoms with Gasteiger partial charge in [0.1, 0.15) is 19.6 Å². The van der Waals surface area contributed by atoms with Crippen LogP contribution in [0.5, 0.6) is 0 Å². The van der Waals surface area contributed by atoms with Crippen LogP contribution in [-0.2, 0) is 14.8 Å². The maximum absolute atomic E-state index is 13.0. The molecule has 0 aromatic heterocycles. The molecule has 0 bridgehead atoms. The van der Waals surface area contributed by atoms with Gasteiger partial charge in [-0.1, -0.05) is 39.8 Å². The number of morpholine rings is 1. The van der Waals surface area contributed by atoms with E-state index < -0.39 is 10.0 Å². The third-order valence-corrected chi connectivity index (χ3v) is 8.07. The van der Waals surface area contributed by atoms with Gasteiger partial charge in [-0.05, 0) is 23.6 Å². The lowest BCUT2D eigenvalue weighted by Crippen LogP contribution is -3.19. The summed E-state index contributed by atoms with van der Waals surface area (Å²) in [6.45, 7) is 16.9. The van der Waals surface area contributed by atoms with E-state index in [0.29, 0.717) is 35.9 Å². The van der Waals surface area contributed by atoms with E-state index in [2.05, 4.69) is 27.7 Å². The molecule has 29 heavy (non-hydrogen) atoms. The number of nitrogens with zero attached hydrogens (tertiary/aromatic N) is 1. The Bertz CT molecular complexity index is 741. The Morgan fingerprint density at radius 3 is 2.28 bits per heavy atom. The second-order valence-electron chi connectivity index (χ2n) is 9.38. The molecule has 2 heterocycles. The number of rotatable bonds is 7. The van der Waals surface area contributed by atoms with Crippen LogP contribution in [0, 0.1) is 5.92 Å². The maximum atomic E-state index is 13.0. The Morgan fingerprint density at radius 2 is 1.69 bits per heavy atom. The van der Waals surface area contributed by atoms with E-state index in [9.17, 15) is 8.42 Å². The molecule has 3 rings (SSSR count). The van der Waals surface area contributed by atoms with Gasteiger partial charge in [0.05, 0.1) is 44.2 Å². The lowest BCUT2D eigenvalue weighted by Gasteiger charge is -2.36. The standard InChI is InChI=1S/C22H37N3O3S/c1-18(2)15-24-13-14-28-21(17-24)16-23-9-11-25(12-10-23)29(26,27)22-7-5-20(6-8-22)19(3)4/h5-8,18-19,21H,9-17H2,1-4H3/p+2/t21-/m0/s1. The summed E-state index contributed by atoms with van der Waals surface area (Å²) < 4.78 is 33.7. The number of sulfonamides is 1. The van der Waals surface area contributed by atoms with Crippen molar-refractivity contribution in [1.82, 2.24) is 4.31 Å². The molecular formula is C22H39N3O3S+2. The first-order chi connectivity index (χ1) is 13.8. The van der Waals surface area contributed by atoms with Gasteiger partial charge in [0.25, 0.3) is 0 Å². The SMILES string of the molecule is CC(C)C[NH+]1CCO[C@@H](C[NH+]2CCN(S(=O)(=O)c3ccc(C(C)C)cc3)CC2)C1. The molecule has 1 aromatic carbocycles. The first-order valence-electron chi connectivity index (χ1n) is 11.1. The van der Waals surface area contributed by atoms with Crippen molar-refractivity contribution in [2.75, 3.05) is 59.0 Å². The maximum Gasteiger partial charge on any atom is 0.243 e. The molecule has 2 fully saturated rings. The topological polar surface area (TPSA) is 55.5 Å². The molecule has 0 amide bonds. The molecule has 7 heteroatoms. The number of hydrogen-bond acceptors (Lipinski definition) is 3. The summed E-state index contributed by atoms with van der Waals surface area (Å²) in [5.74, 6) is 1.11. The van der Waals surface area contributed by atoms with Crippen molar-refractivity contribution < 1.29 is 23.0 Å². The van der Waals surface area contributed by atoms with E-state index in [1.54, 1.807) is 21.3 Å². The fourth-order valence-electron chi connectivity index (χ4n) is 4.49. The van der Waals surface area contributed by atoms with Crippen molar-refractivity contribution in [3.63, 3.8) is 0 Å². The van der Waals surface area contributed by atoms with Gasteiger partial charge < -0.3 is 14.5 Å². The van der Waals surface area contributed by atoms with Crippen molar-refractivity contribution >= 4 is 10.0 Å². The highest BCUT2D eigenvalue weighted by atomic mass is 32.2. The minimum atomic E-state index is -3.40. The smallest absolute Gasteiger partial charge is 0.243 e. The number of piperazine rings is 1. The summed E-state index contributed by atoms with van der Waals surface area (Å²) >= 11 is 0. The van der Waals surface area contributed by atoms with Crippen LogP contribution in [0.2, 0.25) is 0 Å². The highest BCUT2D eigenvalue weighted by molar-refractivity contribution is 7.89. The third-order valence-electron chi connectivity index (χ3n) is 6.15. The van der Waals surface area contributed by atoms with Crippen LogP contribution >= 0.6 is 0 Å². The molecule has 0 radical (unpaired) electrons. The second kappa shape index (κ2) is 9.88. The van der Waals surface area contributed by atoms with Crippen molar-refractivity contribution in [2.24, 2.45) is 5.92 Å². The van der Waals surface area contributed by atoms with Gasteiger partial charge in [0.15, 0.2) is 6.10 Å². The molecule has 2 saturated heterocycles. The molecule has 1 unspecified atom stereocenters. The van der Waals surface area contributed by atoms with E-state index in [1.807, 2.05) is 12.1 Å². The minimum absolute atomic E-state index is 0.291. The van der Waals surface area contributed by atoms with Gasteiger partial charge in [0, 0.05) is 5.92 Å². The fourth-order valence-corrected chi connectivity index (χ4v) is 5.93. The molecule has 2 aliphatic heterocycles. The van der Waals surface area contributed by atoms with Gasteiger partial charge in [-0.2, -0.15) is 4.31 Å². The Morgan fingerprint density at radius 1 is 1.03 bits per heavy atom. The van der Waals surface area contributed by atoms with Crippen LogP contribution in [0.25, 0.3) is 0 Å². The Balaban J connectivity index is 1.52. The van der Waals surface area contributed by atoms with Crippen LogP contribution in [0.4, 0.5) is 0 Å². The first-order valence-corrected chi connectivity index (χ1v) is 12.6. The fraction of sp³-hybridized carbons (Fsp3) is 0.727. The molecule has 2 aliphatic rings. The van der Waals surface area contributed by atoms with Crippen LogP contribution in [0.3, 0.4) is 0 Å². The predicted octanol–water partition coefficient (Wildman–Crippen LogP) is -0.361. The molecular weight excluding hydrogens is 386 g/mol. The number of hydrogen-bond donors (Lipinski definition) is 2. The first kappa shape index (κ1) is 22.7. The number of ether oxygens (including phenoxy) is 1. The monoisotopic (exact) mass is 425 g/mol. The zero-order valence-corrected chi connectivity index (χ0v) is 19.3. The van der Waals surface area contributed by atoms with E-state index in [1.165, 1.54) is 17.0 Å². The van der Waals surface area contributed by atoms with Crippen molar-refractivity contribution in [3.8, 4) is 0 Å². The van der Waals surface area contributed by atoms with E-state index in [4.69, 9.17) is 4.74 Å². The summed E-state index contributed by atoms with van der Waals surface area (Å²) in [6.07, 6.45) is 0.291. The highest BCUT2D eigenvalue weighted by Crippen LogP contribution is 2.20. The van der Waals surface area contributed by atoms with Crippen LogP contribution in [-0.4, -0.2) is 77.8 Å².